The number of pyridine rings is 1. The molecule has 2 N–H and O–H groups in total. The van der Waals surface area contributed by atoms with Crippen LogP contribution in [0, 0.1) is 0 Å². The predicted octanol–water partition coefficient (Wildman–Crippen LogP) is 5.75. The van der Waals surface area contributed by atoms with Gasteiger partial charge in [-0.25, -0.2) is 4.79 Å². The number of nitrogens with zero attached hydrogens (tertiary/aromatic N) is 2. The number of benzene rings is 2. The molecule has 7 heteroatoms. The van der Waals surface area contributed by atoms with E-state index in [1.807, 2.05) is 93.3 Å². The van der Waals surface area contributed by atoms with E-state index >= 15 is 0 Å². The quantitative estimate of drug-likeness (QED) is 0.368. The minimum atomic E-state index is -0.519. The third-order valence-corrected chi connectivity index (χ3v) is 6.56. The monoisotopic (exact) mass is 506 g/mol. The molecule has 0 spiro atoms. The number of amides is 3. The third-order valence-electron chi connectivity index (χ3n) is 6.19. The molecule has 0 fully saturated rings. The number of urea groups is 1. The summed E-state index contributed by atoms with van der Waals surface area (Å²) in [5.41, 5.74) is 2.63. The highest BCUT2D eigenvalue weighted by Gasteiger charge is 2.36. The van der Waals surface area contributed by atoms with Crippen LogP contribution in [0.2, 0.25) is 5.02 Å². The Kier molecular flexibility index (Phi) is 9.88. The van der Waals surface area contributed by atoms with Crippen LogP contribution in [0.25, 0.3) is 0 Å². The van der Waals surface area contributed by atoms with Gasteiger partial charge >= 0.3 is 6.03 Å². The van der Waals surface area contributed by atoms with Crippen molar-refractivity contribution in [3.8, 4) is 0 Å². The maximum absolute atomic E-state index is 14.1. The van der Waals surface area contributed by atoms with Crippen LogP contribution in [0.3, 0.4) is 0 Å². The first-order valence-electron chi connectivity index (χ1n) is 12.3. The molecule has 0 aliphatic rings. The summed E-state index contributed by atoms with van der Waals surface area (Å²) in [6.45, 7) is 8.67. The zero-order chi connectivity index (χ0) is 26.1. The lowest BCUT2D eigenvalue weighted by Crippen LogP contribution is -2.47. The highest BCUT2D eigenvalue weighted by Crippen LogP contribution is 2.35. The molecule has 0 radical (unpaired) electrons. The predicted molar refractivity (Wildman–Crippen MR) is 145 cm³/mol. The summed E-state index contributed by atoms with van der Waals surface area (Å²) in [4.78, 5) is 33.1. The van der Waals surface area contributed by atoms with Gasteiger partial charge in [-0.1, -0.05) is 66.2 Å². The van der Waals surface area contributed by atoms with Crippen LogP contribution in [0.4, 0.5) is 4.79 Å². The summed E-state index contributed by atoms with van der Waals surface area (Å²) in [7, 11) is 0. The number of halogens is 1. The average Bonchev–Trinajstić information content (AvgIpc) is 2.86. The fourth-order valence-corrected chi connectivity index (χ4v) is 4.79. The van der Waals surface area contributed by atoms with Crippen molar-refractivity contribution in [1.29, 1.82) is 0 Å². The van der Waals surface area contributed by atoms with Crippen molar-refractivity contribution in [2.24, 2.45) is 0 Å². The minimum Gasteiger partial charge on any atom is -0.338 e. The Morgan fingerprint density at radius 2 is 1.50 bits per heavy atom. The van der Waals surface area contributed by atoms with E-state index in [1.165, 1.54) is 0 Å². The van der Waals surface area contributed by atoms with Gasteiger partial charge in [0.15, 0.2) is 0 Å². The molecule has 0 aliphatic heterocycles. The molecule has 2 unspecified atom stereocenters. The summed E-state index contributed by atoms with van der Waals surface area (Å²) in [5.74, 6) is -0.802. The minimum absolute atomic E-state index is 0.0140. The molecule has 6 nitrogen and oxygen atoms in total. The van der Waals surface area contributed by atoms with Gasteiger partial charge in [0.2, 0.25) is 5.91 Å². The first-order valence-corrected chi connectivity index (χ1v) is 12.7. The zero-order valence-corrected chi connectivity index (χ0v) is 22.1. The lowest BCUT2D eigenvalue weighted by atomic mass is 9.80. The van der Waals surface area contributed by atoms with Crippen molar-refractivity contribution in [3.63, 3.8) is 0 Å². The second-order valence-electron chi connectivity index (χ2n) is 9.37. The second-order valence-corrected chi connectivity index (χ2v) is 9.78. The summed E-state index contributed by atoms with van der Waals surface area (Å²) in [5, 5.41) is 6.46. The fraction of sp³-hybridized carbons (Fsp3) is 0.345. The normalized spacial score (nSPS) is 12.8. The lowest BCUT2D eigenvalue weighted by molar-refractivity contribution is -0.137. The van der Waals surface area contributed by atoms with Crippen LogP contribution in [0.5, 0.6) is 0 Å². The Morgan fingerprint density at radius 3 is 2.11 bits per heavy atom. The summed E-state index contributed by atoms with van der Waals surface area (Å²) >= 11 is 6.22. The lowest BCUT2D eigenvalue weighted by Gasteiger charge is -2.37. The van der Waals surface area contributed by atoms with Crippen molar-refractivity contribution in [1.82, 2.24) is 20.5 Å². The smallest absolute Gasteiger partial charge is 0.315 e. The first kappa shape index (κ1) is 27.2. The fourth-order valence-electron chi connectivity index (χ4n) is 4.58. The van der Waals surface area contributed by atoms with Gasteiger partial charge in [0, 0.05) is 48.5 Å². The first-order chi connectivity index (χ1) is 17.3. The third kappa shape index (κ3) is 7.08. The SMILES string of the molecule is CC(C)N(C(=O)C(c1cccnc1)C(CNC(=O)NCc1ccccc1Cl)c1ccccc1)C(C)C. The zero-order valence-electron chi connectivity index (χ0n) is 21.3. The Morgan fingerprint density at radius 1 is 0.861 bits per heavy atom. The van der Waals surface area contributed by atoms with Gasteiger partial charge in [0.25, 0.3) is 0 Å². The standard InChI is InChI=1S/C29H35ClN4O2/c1-20(2)34(21(3)4)28(35)27(24-14-10-16-31-17-24)25(22-11-6-5-7-12-22)19-33-29(36)32-18-23-13-8-9-15-26(23)30/h5-17,20-21,25,27H,18-19H2,1-4H3,(H2,32,33,36). The highest BCUT2D eigenvalue weighted by molar-refractivity contribution is 6.31. The van der Waals surface area contributed by atoms with Gasteiger partial charge in [-0.05, 0) is 56.5 Å². The van der Waals surface area contributed by atoms with Gasteiger partial charge in [-0.15, -0.1) is 0 Å². The molecule has 3 amide bonds. The van der Waals surface area contributed by atoms with E-state index in [2.05, 4.69) is 15.6 Å². The van der Waals surface area contributed by atoms with E-state index in [9.17, 15) is 9.59 Å². The Labute approximate surface area is 219 Å². The van der Waals surface area contributed by atoms with Crippen LogP contribution in [0.15, 0.2) is 79.1 Å². The van der Waals surface area contributed by atoms with Crippen LogP contribution < -0.4 is 10.6 Å². The molecule has 0 saturated heterocycles. The number of carbonyl (C=O) groups is 2. The number of rotatable bonds is 10. The molecule has 0 aliphatic carbocycles. The van der Waals surface area contributed by atoms with Gasteiger partial charge in [-0.3, -0.25) is 9.78 Å². The van der Waals surface area contributed by atoms with Crippen LogP contribution in [0.1, 0.15) is 56.2 Å². The second kappa shape index (κ2) is 13.1. The van der Waals surface area contributed by atoms with Gasteiger partial charge in [-0.2, -0.15) is 0 Å². The molecule has 2 atom stereocenters. The number of hydrogen-bond donors (Lipinski definition) is 2. The molecule has 190 valence electrons. The Hall–Kier alpha value is -3.38. The molecule has 3 rings (SSSR count). The molecular weight excluding hydrogens is 472 g/mol. The number of carbonyl (C=O) groups excluding carboxylic acids is 2. The maximum Gasteiger partial charge on any atom is 0.315 e. The molecule has 1 heterocycles. The van der Waals surface area contributed by atoms with Crippen LogP contribution in [-0.4, -0.2) is 40.5 Å². The number of nitrogens with one attached hydrogen (secondary N) is 2. The van der Waals surface area contributed by atoms with Gasteiger partial charge in [0.05, 0.1) is 5.92 Å². The molecule has 3 aromatic rings. The van der Waals surface area contributed by atoms with Crippen molar-refractivity contribution in [2.75, 3.05) is 6.54 Å². The van der Waals surface area contributed by atoms with E-state index in [0.717, 1.165) is 16.7 Å². The Balaban J connectivity index is 1.89. The largest absolute Gasteiger partial charge is 0.338 e. The summed E-state index contributed by atoms with van der Waals surface area (Å²) < 4.78 is 0. The van der Waals surface area contributed by atoms with Crippen molar-refractivity contribution in [3.05, 3.63) is 101 Å². The molecule has 0 saturated carbocycles. The molecule has 0 bridgehead atoms. The number of hydrogen-bond acceptors (Lipinski definition) is 3. The van der Waals surface area contributed by atoms with E-state index in [1.54, 1.807) is 18.5 Å². The van der Waals surface area contributed by atoms with Gasteiger partial charge < -0.3 is 15.5 Å². The van der Waals surface area contributed by atoms with Gasteiger partial charge in [0.1, 0.15) is 0 Å². The number of aromatic nitrogens is 1. The van der Waals surface area contributed by atoms with Crippen LogP contribution in [-0.2, 0) is 11.3 Å². The molecule has 1 aromatic heterocycles. The van der Waals surface area contributed by atoms with E-state index < -0.39 is 5.92 Å². The van der Waals surface area contributed by atoms with Crippen molar-refractivity contribution >= 4 is 23.5 Å². The summed E-state index contributed by atoms with van der Waals surface area (Å²) in [6, 6.07) is 20.8. The average molecular weight is 507 g/mol. The van der Waals surface area contributed by atoms with E-state index in [4.69, 9.17) is 11.6 Å². The Bertz CT molecular complexity index is 1110. The maximum atomic E-state index is 14.1. The molecule has 2 aromatic carbocycles. The molecule has 36 heavy (non-hydrogen) atoms. The van der Waals surface area contributed by atoms with E-state index in [-0.39, 0.29) is 36.5 Å². The van der Waals surface area contributed by atoms with Crippen molar-refractivity contribution < 1.29 is 9.59 Å². The van der Waals surface area contributed by atoms with Crippen molar-refractivity contribution in [2.45, 2.75) is 58.2 Å². The summed E-state index contributed by atoms with van der Waals surface area (Å²) in [6.07, 6.45) is 3.44. The molecular formula is C29H35ClN4O2. The van der Waals surface area contributed by atoms with Crippen LogP contribution >= 0.6 is 11.6 Å². The highest BCUT2D eigenvalue weighted by atomic mass is 35.5. The topological polar surface area (TPSA) is 74.3 Å². The van der Waals surface area contributed by atoms with E-state index in [0.29, 0.717) is 11.6 Å².